The molecule has 1 heterocycles. The van der Waals surface area contributed by atoms with E-state index < -0.39 is 21.2 Å². The van der Waals surface area contributed by atoms with E-state index in [0.29, 0.717) is 5.69 Å². The molecule has 9 heteroatoms. The number of nitrogens with one attached hydrogen (secondary N) is 2. The number of rotatable bonds is 5. The number of anilines is 2. The number of aromatic nitrogens is 1. The van der Waals surface area contributed by atoms with Crippen molar-refractivity contribution in [2.24, 2.45) is 0 Å². The van der Waals surface area contributed by atoms with E-state index in [4.69, 9.17) is 0 Å². The van der Waals surface area contributed by atoms with Gasteiger partial charge in [0.25, 0.3) is 5.69 Å². The van der Waals surface area contributed by atoms with Crippen LogP contribution in [0.4, 0.5) is 22.9 Å². The predicted molar refractivity (Wildman–Crippen MR) is 76.0 cm³/mol. The van der Waals surface area contributed by atoms with Crippen LogP contribution in [0.5, 0.6) is 0 Å². The maximum absolute atomic E-state index is 11.0. The van der Waals surface area contributed by atoms with Gasteiger partial charge >= 0.3 is 5.69 Å². The van der Waals surface area contributed by atoms with E-state index >= 15 is 0 Å². The van der Waals surface area contributed by atoms with Crippen LogP contribution < -0.4 is 10.9 Å². The van der Waals surface area contributed by atoms with Crippen LogP contribution in [-0.4, -0.2) is 14.8 Å². The van der Waals surface area contributed by atoms with Gasteiger partial charge < -0.3 is 0 Å². The van der Waals surface area contributed by atoms with Crippen molar-refractivity contribution in [3.8, 4) is 0 Å². The molecule has 21 heavy (non-hydrogen) atoms. The number of hydrogen-bond donors (Lipinski definition) is 2. The highest BCUT2D eigenvalue weighted by atomic mass is 16.6. The summed E-state index contributed by atoms with van der Waals surface area (Å²) in [5.41, 5.74) is 5.22. The highest BCUT2D eigenvalue weighted by Gasteiger charge is 2.24. The number of nitrogens with zero attached hydrogens (tertiary/aromatic N) is 3. The molecule has 0 aliphatic carbocycles. The second-order valence-corrected chi connectivity index (χ2v) is 4.09. The van der Waals surface area contributed by atoms with Crippen LogP contribution in [0.1, 0.15) is 5.69 Å². The van der Waals surface area contributed by atoms with E-state index in [1.807, 2.05) is 6.07 Å². The van der Waals surface area contributed by atoms with Crippen LogP contribution >= 0.6 is 0 Å². The third-order valence-corrected chi connectivity index (χ3v) is 2.66. The van der Waals surface area contributed by atoms with Crippen molar-refractivity contribution < 1.29 is 9.85 Å². The molecule has 0 aliphatic heterocycles. The van der Waals surface area contributed by atoms with E-state index in [1.165, 1.54) is 6.92 Å². The molecule has 2 N–H and O–H groups in total. The minimum absolute atomic E-state index is 0.0861. The summed E-state index contributed by atoms with van der Waals surface area (Å²) in [7, 11) is 0. The van der Waals surface area contributed by atoms with Crippen LogP contribution in [0.25, 0.3) is 0 Å². The first-order chi connectivity index (χ1) is 9.99. The number of hydrazine groups is 1. The van der Waals surface area contributed by atoms with Gasteiger partial charge in [0.2, 0.25) is 5.82 Å². The summed E-state index contributed by atoms with van der Waals surface area (Å²) in [5.74, 6) is -0.0908. The van der Waals surface area contributed by atoms with Gasteiger partial charge in [-0.25, -0.2) is 4.98 Å². The highest BCUT2D eigenvalue weighted by molar-refractivity contribution is 5.63. The Morgan fingerprint density at radius 3 is 2.19 bits per heavy atom. The summed E-state index contributed by atoms with van der Waals surface area (Å²) in [6.07, 6.45) is 0. The van der Waals surface area contributed by atoms with Crippen molar-refractivity contribution >= 4 is 22.9 Å². The molecular formula is C12H11N5O4. The topological polar surface area (TPSA) is 123 Å². The highest BCUT2D eigenvalue weighted by Crippen LogP contribution is 2.29. The molecule has 2 rings (SSSR count). The van der Waals surface area contributed by atoms with Gasteiger partial charge in [0.15, 0.2) is 0 Å². The van der Waals surface area contributed by atoms with Crippen LogP contribution in [0.15, 0.2) is 36.4 Å². The molecule has 108 valence electrons. The van der Waals surface area contributed by atoms with Crippen molar-refractivity contribution in [1.82, 2.24) is 4.98 Å². The molecule has 0 amide bonds. The fourth-order valence-electron chi connectivity index (χ4n) is 1.65. The van der Waals surface area contributed by atoms with Gasteiger partial charge in [0.05, 0.1) is 21.6 Å². The number of benzene rings is 1. The lowest BCUT2D eigenvalue weighted by Crippen LogP contribution is -2.13. The fraction of sp³-hybridized carbons (Fsp3) is 0.0833. The van der Waals surface area contributed by atoms with Crippen molar-refractivity contribution in [3.63, 3.8) is 0 Å². The maximum atomic E-state index is 11.0. The SMILES string of the molecule is Cc1nc(NNc2ccccc2)c([N+](=O)[O-])cc1[N+](=O)[O-]. The summed E-state index contributed by atoms with van der Waals surface area (Å²) >= 11 is 0. The Bertz CT molecular complexity index is 690. The van der Waals surface area contributed by atoms with Crippen molar-refractivity contribution in [3.05, 3.63) is 62.3 Å². The minimum atomic E-state index is -0.728. The standard InChI is InChI=1S/C12H11N5O4/c1-8-10(16(18)19)7-11(17(20)21)12(13-8)15-14-9-5-3-2-4-6-9/h2-7,14H,1H3,(H,13,15). The average molecular weight is 289 g/mol. The van der Waals surface area contributed by atoms with E-state index in [2.05, 4.69) is 15.8 Å². The maximum Gasteiger partial charge on any atom is 0.320 e. The van der Waals surface area contributed by atoms with Crippen molar-refractivity contribution in [1.29, 1.82) is 0 Å². The van der Waals surface area contributed by atoms with Crippen LogP contribution in [-0.2, 0) is 0 Å². The number of para-hydroxylation sites is 1. The molecular weight excluding hydrogens is 278 g/mol. The predicted octanol–water partition coefficient (Wildman–Crippen LogP) is 2.65. The molecule has 0 saturated carbocycles. The fourth-order valence-corrected chi connectivity index (χ4v) is 1.65. The summed E-state index contributed by atoms with van der Waals surface area (Å²) in [4.78, 5) is 24.2. The summed E-state index contributed by atoms with van der Waals surface area (Å²) in [6.45, 7) is 1.41. The van der Waals surface area contributed by atoms with Gasteiger partial charge in [-0.15, -0.1) is 0 Å². The largest absolute Gasteiger partial charge is 0.320 e. The molecule has 9 nitrogen and oxygen atoms in total. The Hall–Kier alpha value is -3.23. The normalized spacial score (nSPS) is 9.95. The Morgan fingerprint density at radius 2 is 1.62 bits per heavy atom. The Morgan fingerprint density at radius 1 is 1.00 bits per heavy atom. The molecule has 1 aromatic carbocycles. The van der Waals surface area contributed by atoms with Crippen LogP contribution in [0.3, 0.4) is 0 Å². The molecule has 0 atom stereocenters. The van der Waals surface area contributed by atoms with Crippen LogP contribution in [0, 0.1) is 27.2 Å². The zero-order valence-corrected chi connectivity index (χ0v) is 10.9. The second kappa shape index (κ2) is 5.82. The molecule has 0 spiro atoms. The summed E-state index contributed by atoms with van der Waals surface area (Å²) in [6, 6.07) is 9.77. The Balaban J connectivity index is 2.32. The van der Waals surface area contributed by atoms with Gasteiger partial charge in [-0.05, 0) is 19.1 Å². The monoisotopic (exact) mass is 289 g/mol. The molecule has 2 aromatic rings. The summed E-state index contributed by atoms with van der Waals surface area (Å²) in [5, 5.41) is 21.8. The van der Waals surface area contributed by atoms with E-state index in [9.17, 15) is 20.2 Å². The Kier molecular flexibility index (Phi) is 3.93. The van der Waals surface area contributed by atoms with Gasteiger partial charge in [0, 0.05) is 0 Å². The third-order valence-electron chi connectivity index (χ3n) is 2.66. The molecule has 1 aromatic heterocycles. The van der Waals surface area contributed by atoms with Crippen molar-refractivity contribution in [2.75, 3.05) is 10.9 Å². The molecule has 0 saturated heterocycles. The zero-order valence-electron chi connectivity index (χ0n) is 10.9. The third kappa shape index (κ3) is 3.21. The zero-order chi connectivity index (χ0) is 15.4. The summed E-state index contributed by atoms with van der Waals surface area (Å²) < 4.78 is 0. The van der Waals surface area contributed by atoms with Gasteiger partial charge in [0.1, 0.15) is 5.69 Å². The lowest BCUT2D eigenvalue weighted by atomic mass is 10.3. The van der Waals surface area contributed by atoms with Crippen molar-refractivity contribution in [2.45, 2.75) is 6.92 Å². The quantitative estimate of drug-likeness (QED) is 0.640. The van der Waals surface area contributed by atoms with E-state index in [-0.39, 0.29) is 11.5 Å². The lowest BCUT2D eigenvalue weighted by Gasteiger charge is -2.09. The molecule has 0 bridgehead atoms. The van der Waals surface area contributed by atoms with Gasteiger partial charge in [-0.2, -0.15) is 0 Å². The number of nitro groups is 2. The van der Waals surface area contributed by atoms with Gasteiger partial charge in [-0.1, -0.05) is 18.2 Å². The minimum Gasteiger partial charge on any atom is -0.299 e. The molecule has 0 radical (unpaired) electrons. The molecule has 0 fully saturated rings. The smallest absolute Gasteiger partial charge is 0.299 e. The first-order valence-corrected chi connectivity index (χ1v) is 5.86. The first kappa shape index (κ1) is 14.2. The van der Waals surface area contributed by atoms with E-state index in [0.717, 1.165) is 6.07 Å². The molecule has 0 aliphatic rings. The first-order valence-electron chi connectivity index (χ1n) is 5.86. The average Bonchev–Trinajstić information content (AvgIpc) is 2.45. The number of hydrogen-bond acceptors (Lipinski definition) is 7. The Labute approximate surface area is 118 Å². The lowest BCUT2D eigenvalue weighted by molar-refractivity contribution is -0.394. The van der Waals surface area contributed by atoms with E-state index in [1.54, 1.807) is 24.3 Å². The van der Waals surface area contributed by atoms with Gasteiger partial charge in [-0.3, -0.25) is 31.1 Å². The number of pyridine rings is 1. The van der Waals surface area contributed by atoms with Crippen LogP contribution in [0.2, 0.25) is 0 Å². The second-order valence-electron chi connectivity index (χ2n) is 4.09. The number of aryl methyl sites for hydroxylation is 1. The molecule has 0 unspecified atom stereocenters.